The SMILES string of the molecule is Nc1nonc1C(=O)N/N=C/c1ccccc1O. The van der Waals surface area contributed by atoms with Crippen LogP contribution in [0.1, 0.15) is 16.1 Å². The van der Waals surface area contributed by atoms with Gasteiger partial charge in [-0.3, -0.25) is 4.79 Å². The van der Waals surface area contributed by atoms with E-state index in [9.17, 15) is 9.90 Å². The Kier molecular flexibility index (Phi) is 3.19. The molecule has 1 aromatic carbocycles. The zero-order valence-corrected chi connectivity index (χ0v) is 9.07. The van der Waals surface area contributed by atoms with Gasteiger partial charge in [0, 0.05) is 5.56 Å². The molecule has 0 bridgehead atoms. The van der Waals surface area contributed by atoms with E-state index in [1.54, 1.807) is 18.2 Å². The van der Waals surface area contributed by atoms with Gasteiger partial charge >= 0.3 is 0 Å². The van der Waals surface area contributed by atoms with Gasteiger partial charge in [0.05, 0.1) is 6.21 Å². The summed E-state index contributed by atoms with van der Waals surface area (Å²) in [4.78, 5) is 11.5. The smallest absolute Gasteiger partial charge is 0.297 e. The molecule has 1 amide bonds. The summed E-state index contributed by atoms with van der Waals surface area (Å²) in [5, 5.41) is 19.7. The number of anilines is 1. The van der Waals surface area contributed by atoms with E-state index in [1.165, 1.54) is 12.3 Å². The molecule has 0 aliphatic heterocycles. The number of hydrazone groups is 1. The first-order chi connectivity index (χ1) is 8.68. The Hall–Kier alpha value is -2.90. The number of rotatable bonds is 3. The average Bonchev–Trinajstić information content (AvgIpc) is 2.78. The van der Waals surface area contributed by atoms with Crippen LogP contribution in [-0.2, 0) is 0 Å². The van der Waals surface area contributed by atoms with E-state index in [-0.39, 0.29) is 17.3 Å². The van der Waals surface area contributed by atoms with E-state index >= 15 is 0 Å². The number of nitrogen functional groups attached to an aromatic ring is 1. The third-order valence-corrected chi connectivity index (χ3v) is 2.04. The molecule has 0 spiro atoms. The second-order valence-corrected chi connectivity index (χ2v) is 3.26. The van der Waals surface area contributed by atoms with Crippen molar-refractivity contribution in [2.75, 3.05) is 5.73 Å². The minimum Gasteiger partial charge on any atom is -0.507 e. The normalized spacial score (nSPS) is 10.7. The van der Waals surface area contributed by atoms with Gasteiger partial charge in [0.25, 0.3) is 5.91 Å². The van der Waals surface area contributed by atoms with Gasteiger partial charge in [-0.25, -0.2) is 10.1 Å². The van der Waals surface area contributed by atoms with Gasteiger partial charge < -0.3 is 10.8 Å². The zero-order valence-electron chi connectivity index (χ0n) is 9.07. The van der Waals surface area contributed by atoms with Crippen LogP contribution in [0.5, 0.6) is 5.75 Å². The molecule has 92 valence electrons. The number of nitrogens with two attached hydrogens (primary N) is 1. The number of amides is 1. The van der Waals surface area contributed by atoms with Crippen LogP contribution in [0.15, 0.2) is 34.0 Å². The number of phenols is 1. The molecule has 0 saturated carbocycles. The van der Waals surface area contributed by atoms with Crippen molar-refractivity contribution < 1.29 is 14.5 Å². The van der Waals surface area contributed by atoms with E-state index in [4.69, 9.17) is 5.73 Å². The van der Waals surface area contributed by atoms with Crippen molar-refractivity contribution >= 4 is 17.9 Å². The minimum absolute atomic E-state index is 0.0538. The number of aromatic hydroxyl groups is 1. The molecule has 8 nitrogen and oxygen atoms in total. The first kappa shape index (κ1) is 11.6. The summed E-state index contributed by atoms with van der Waals surface area (Å²) in [6, 6.07) is 6.54. The van der Waals surface area contributed by atoms with Crippen LogP contribution < -0.4 is 11.2 Å². The van der Waals surface area contributed by atoms with Crippen molar-refractivity contribution in [3.05, 3.63) is 35.5 Å². The van der Waals surface area contributed by atoms with Crippen molar-refractivity contribution in [3.63, 3.8) is 0 Å². The maximum Gasteiger partial charge on any atom is 0.297 e. The number of hydrogen-bond acceptors (Lipinski definition) is 7. The Balaban J connectivity index is 2.03. The second-order valence-electron chi connectivity index (χ2n) is 3.26. The van der Waals surface area contributed by atoms with Crippen molar-refractivity contribution in [1.29, 1.82) is 0 Å². The highest BCUT2D eigenvalue weighted by atomic mass is 16.6. The lowest BCUT2D eigenvalue weighted by atomic mass is 10.2. The molecule has 0 saturated heterocycles. The minimum atomic E-state index is -0.652. The fourth-order valence-electron chi connectivity index (χ4n) is 1.16. The molecule has 0 aliphatic carbocycles. The summed E-state index contributed by atoms with van der Waals surface area (Å²) in [5.74, 6) is -0.719. The number of para-hydroxylation sites is 1. The number of nitrogens with zero attached hydrogens (tertiary/aromatic N) is 3. The fraction of sp³-hybridized carbons (Fsp3) is 0. The number of phenolic OH excluding ortho intramolecular Hbond substituents is 1. The number of carbonyl (C=O) groups is 1. The van der Waals surface area contributed by atoms with Crippen molar-refractivity contribution in [3.8, 4) is 5.75 Å². The van der Waals surface area contributed by atoms with Crippen LogP contribution in [0.25, 0.3) is 0 Å². The molecule has 4 N–H and O–H groups in total. The summed E-state index contributed by atoms with van der Waals surface area (Å²) in [6.45, 7) is 0. The van der Waals surface area contributed by atoms with Crippen molar-refractivity contribution in [2.45, 2.75) is 0 Å². The number of benzene rings is 1. The van der Waals surface area contributed by atoms with Crippen LogP contribution in [-0.4, -0.2) is 27.5 Å². The van der Waals surface area contributed by atoms with Gasteiger partial charge in [-0.1, -0.05) is 12.1 Å². The fourth-order valence-corrected chi connectivity index (χ4v) is 1.16. The van der Waals surface area contributed by atoms with Gasteiger partial charge in [-0.2, -0.15) is 5.10 Å². The quantitative estimate of drug-likeness (QED) is 0.522. The van der Waals surface area contributed by atoms with E-state index in [1.807, 2.05) is 0 Å². The Morgan fingerprint density at radius 2 is 2.22 bits per heavy atom. The lowest BCUT2D eigenvalue weighted by Gasteiger charge is -1.97. The van der Waals surface area contributed by atoms with Gasteiger partial charge in [0.1, 0.15) is 5.75 Å². The Bertz CT molecular complexity index is 593. The van der Waals surface area contributed by atoms with Crippen molar-refractivity contribution in [2.24, 2.45) is 5.10 Å². The summed E-state index contributed by atoms with van der Waals surface area (Å²) in [6.07, 6.45) is 1.29. The van der Waals surface area contributed by atoms with Crippen LogP contribution in [0.2, 0.25) is 0 Å². The Morgan fingerprint density at radius 3 is 2.89 bits per heavy atom. The van der Waals surface area contributed by atoms with E-state index in [0.717, 1.165) is 0 Å². The van der Waals surface area contributed by atoms with Crippen LogP contribution in [0.3, 0.4) is 0 Å². The third kappa shape index (κ3) is 2.43. The topological polar surface area (TPSA) is 127 Å². The van der Waals surface area contributed by atoms with Crippen molar-refractivity contribution in [1.82, 2.24) is 15.7 Å². The molecule has 18 heavy (non-hydrogen) atoms. The Labute approximate surface area is 101 Å². The molecule has 0 fully saturated rings. The van der Waals surface area contributed by atoms with Gasteiger partial charge in [-0.05, 0) is 22.4 Å². The van der Waals surface area contributed by atoms with Crippen LogP contribution in [0.4, 0.5) is 5.82 Å². The molecular formula is C10H9N5O3. The molecule has 1 aromatic heterocycles. The molecule has 0 radical (unpaired) electrons. The first-order valence-electron chi connectivity index (χ1n) is 4.88. The number of hydrogen-bond donors (Lipinski definition) is 3. The standard InChI is InChI=1S/C10H9N5O3/c11-9-8(14-18-15-9)10(17)13-12-5-6-3-1-2-4-7(6)16/h1-5,16H,(H2,11,15)(H,13,17)/b12-5+. The van der Waals surface area contributed by atoms with Gasteiger partial charge in [-0.15, -0.1) is 0 Å². The molecule has 2 rings (SSSR count). The molecule has 2 aromatic rings. The van der Waals surface area contributed by atoms with Gasteiger partial charge in [0.2, 0.25) is 11.5 Å². The van der Waals surface area contributed by atoms with Gasteiger partial charge in [0.15, 0.2) is 0 Å². The number of nitrogens with one attached hydrogen (secondary N) is 1. The molecule has 0 aliphatic rings. The predicted molar refractivity (Wildman–Crippen MR) is 61.9 cm³/mol. The molecular weight excluding hydrogens is 238 g/mol. The van der Waals surface area contributed by atoms with Crippen LogP contribution >= 0.6 is 0 Å². The maximum atomic E-state index is 11.5. The maximum absolute atomic E-state index is 11.5. The highest BCUT2D eigenvalue weighted by molar-refractivity contribution is 5.96. The summed E-state index contributed by atoms with van der Waals surface area (Å²) in [7, 11) is 0. The molecule has 1 heterocycles. The zero-order chi connectivity index (χ0) is 13.0. The molecule has 0 unspecified atom stereocenters. The lowest BCUT2D eigenvalue weighted by molar-refractivity contribution is 0.0946. The number of carbonyl (C=O) groups excluding carboxylic acids is 1. The molecule has 8 heteroatoms. The van der Waals surface area contributed by atoms with E-state index < -0.39 is 5.91 Å². The molecule has 0 atom stereocenters. The monoisotopic (exact) mass is 247 g/mol. The average molecular weight is 247 g/mol. The van der Waals surface area contributed by atoms with E-state index in [0.29, 0.717) is 5.56 Å². The number of aromatic nitrogens is 2. The predicted octanol–water partition coefficient (Wildman–Crippen LogP) is 0.121. The second kappa shape index (κ2) is 4.95. The van der Waals surface area contributed by atoms with Crippen LogP contribution in [0, 0.1) is 0 Å². The highest BCUT2D eigenvalue weighted by Gasteiger charge is 2.14. The summed E-state index contributed by atoms with van der Waals surface area (Å²) in [5.41, 5.74) is 7.82. The summed E-state index contributed by atoms with van der Waals surface area (Å²) < 4.78 is 4.27. The summed E-state index contributed by atoms with van der Waals surface area (Å²) >= 11 is 0. The van der Waals surface area contributed by atoms with E-state index in [2.05, 4.69) is 25.5 Å². The largest absolute Gasteiger partial charge is 0.507 e. The highest BCUT2D eigenvalue weighted by Crippen LogP contribution is 2.12. The lowest BCUT2D eigenvalue weighted by Crippen LogP contribution is -2.19. The first-order valence-corrected chi connectivity index (χ1v) is 4.88. The third-order valence-electron chi connectivity index (χ3n) is 2.04. The Morgan fingerprint density at radius 1 is 1.44 bits per heavy atom.